The van der Waals surface area contributed by atoms with Gasteiger partial charge in [-0.1, -0.05) is 12.1 Å². The highest BCUT2D eigenvalue weighted by atomic mass is 35.5. The smallest absolute Gasteiger partial charge is 0.236 e. The molecule has 5 nitrogen and oxygen atoms in total. The maximum absolute atomic E-state index is 13.1. The first-order chi connectivity index (χ1) is 10.1. The maximum Gasteiger partial charge on any atom is 0.236 e. The van der Waals surface area contributed by atoms with Crippen LogP contribution in [0.2, 0.25) is 0 Å². The van der Waals surface area contributed by atoms with Crippen LogP contribution in [0.25, 0.3) is 0 Å². The Kier molecular flexibility index (Phi) is 7.27. The van der Waals surface area contributed by atoms with Crippen LogP contribution in [0.5, 0.6) is 0 Å². The summed E-state index contributed by atoms with van der Waals surface area (Å²) in [4.78, 5) is 27.3. The lowest BCUT2D eigenvalue weighted by atomic mass is 10.1. The molecule has 0 atom stereocenters. The second-order valence-corrected chi connectivity index (χ2v) is 5.13. The number of hydrogen-bond donors (Lipinski definition) is 1. The molecule has 22 heavy (non-hydrogen) atoms. The lowest BCUT2D eigenvalue weighted by molar-refractivity contribution is -0.132. The molecule has 122 valence electrons. The van der Waals surface area contributed by atoms with Gasteiger partial charge in [-0.3, -0.25) is 9.59 Å². The van der Waals surface area contributed by atoms with E-state index in [9.17, 15) is 14.0 Å². The van der Waals surface area contributed by atoms with E-state index in [1.807, 2.05) is 0 Å². The number of nitrogens with two attached hydrogens (primary N) is 1. The summed E-state index contributed by atoms with van der Waals surface area (Å²) in [6.45, 7) is 2.24. The van der Waals surface area contributed by atoms with Crippen LogP contribution in [-0.4, -0.2) is 54.3 Å². The third kappa shape index (κ3) is 4.96. The van der Waals surface area contributed by atoms with Gasteiger partial charge in [0.05, 0.1) is 13.0 Å². The zero-order valence-corrected chi connectivity index (χ0v) is 13.2. The molecule has 0 saturated carbocycles. The van der Waals surface area contributed by atoms with Crippen molar-refractivity contribution in [3.63, 3.8) is 0 Å². The number of halogens is 2. The van der Waals surface area contributed by atoms with E-state index in [4.69, 9.17) is 5.73 Å². The SMILES string of the molecule is Cl.NCC(=O)N1CCCN(C(=O)Cc2cccc(F)c2)CC1. The Hall–Kier alpha value is -1.66. The Morgan fingerprint density at radius 1 is 1.09 bits per heavy atom. The van der Waals surface area contributed by atoms with E-state index in [0.717, 1.165) is 6.42 Å². The third-order valence-corrected chi connectivity index (χ3v) is 3.62. The Morgan fingerprint density at radius 3 is 2.32 bits per heavy atom. The fourth-order valence-corrected chi connectivity index (χ4v) is 2.48. The molecule has 1 saturated heterocycles. The first-order valence-electron chi connectivity index (χ1n) is 7.10. The molecule has 0 bridgehead atoms. The van der Waals surface area contributed by atoms with Crippen molar-refractivity contribution in [1.29, 1.82) is 0 Å². The van der Waals surface area contributed by atoms with Crippen molar-refractivity contribution in [3.8, 4) is 0 Å². The van der Waals surface area contributed by atoms with Crippen LogP contribution in [0, 0.1) is 5.82 Å². The molecule has 1 aromatic carbocycles. The van der Waals surface area contributed by atoms with Crippen LogP contribution in [0.15, 0.2) is 24.3 Å². The third-order valence-electron chi connectivity index (χ3n) is 3.62. The van der Waals surface area contributed by atoms with E-state index < -0.39 is 0 Å². The normalized spacial score (nSPS) is 15.0. The summed E-state index contributed by atoms with van der Waals surface area (Å²) >= 11 is 0. The van der Waals surface area contributed by atoms with E-state index in [-0.39, 0.29) is 43.0 Å². The highest BCUT2D eigenvalue weighted by Gasteiger charge is 2.21. The molecular formula is C15H21ClFN3O2. The summed E-state index contributed by atoms with van der Waals surface area (Å²) in [5.74, 6) is -0.465. The summed E-state index contributed by atoms with van der Waals surface area (Å²) in [5, 5.41) is 0. The van der Waals surface area contributed by atoms with Crippen LogP contribution in [0.1, 0.15) is 12.0 Å². The van der Waals surface area contributed by atoms with Crippen molar-refractivity contribution < 1.29 is 14.0 Å². The van der Waals surface area contributed by atoms with Crippen LogP contribution >= 0.6 is 12.4 Å². The number of carbonyl (C=O) groups is 2. The molecule has 0 radical (unpaired) electrons. The number of nitrogens with zero attached hydrogens (tertiary/aromatic N) is 2. The van der Waals surface area contributed by atoms with Gasteiger partial charge in [0.15, 0.2) is 0 Å². The van der Waals surface area contributed by atoms with Gasteiger partial charge in [0.1, 0.15) is 5.82 Å². The molecule has 1 aliphatic heterocycles. The van der Waals surface area contributed by atoms with Gasteiger partial charge < -0.3 is 15.5 Å². The van der Waals surface area contributed by atoms with Crippen molar-refractivity contribution in [2.24, 2.45) is 5.73 Å². The van der Waals surface area contributed by atoms with Crippen LogP contribution < -0.4 is 5.73 Å². The molecule has 7 heteroatoms. The van der Waals surface area contributed by atoms with Crippen LogP contribution in [0.4, 0.5) is 4.39 Å². The maximum atomic E-state index is 13.1. The van der Waals surface area contributed by atoms with Gasteiger partial charge >= 0.3 is 0 Å². The summed E-state index contributed by atoms with van der Waals surface area (Å²) in [7, 11) is 0. The van der Waals surface area contributed by atoms with Crippen molar-refractivity contribution in [2.75, 3.05) is 32.7 Å². The summed E-state index contributed by atoms with van der Waals surface area (Å²) in [5.41, 5.74) is 6.02. The largest absolute Gasteiger partial charge is 0.341 e. The minimum absolute atomic E-state index is 0. The molecule has 2 N–H and O–H groups in total. The molecule has 2 rings (SSSR count). The molecule has 1 fully saturated rings. The predicted octanol–water partition coefficient (Wildman–Crippen LogP) is 0.810. The number of amides is 2. The second kappa shape index (κ2) is 8.70. The molecule has 1 aromatic rings. The quantitative estimate of drug-likeness (QED) is 0.892. The Morgan fingerprint density at radius 2 is 1.73 bits per heavy atom. The Balaban J connectivity index is 0.00000242. The zero-order chi connectivity index (χ0) is 15.2. The van der Waals surface area contributed by atoms with Crippen molar-refractivity contribution in [1.82, 2.24) is 9.80 Å². The van der Waals surface area contributed by atoms with Gasteiger partial charge in [-0.2, -0.15) is 0 Å². The zero-order valence-electron chi connectivity index (χ0n) is 12.3. The minimum Gasteiger partial charge on any atom is -0.341 e. The highest BCUT2D eigenvalue weighted by molar-refractivity contribution is 5.85. The van der Waals surface area contributed by atoms with Crippen LogP contribution in [0.3, 0.4) is 0 Å². The molecule has 0 unspecified atom stereocenters. The van der Waals surface area contributed by atoms with Gasteiger partial charge in [-0.25, -0.2) is 4.39 Å². The van der Waals surface area contributed by atoms with Crippen molar-refractivity contribution in [2.45, 2.75) is 12.8 Å². The minimum atomic E-state index is -0.337. The van der Waals surface area contributed by atoms with Gasteiger partial charge in [0.25, 0.3) is 0 Å². The average molecular weight is 330 g/mol. The van der Waals surface area contributed by atoms with Crippen molar-refractivity contribution in [3.05, 3.63) is 35.6 Å². The van der Waals surface area contributed by atoms with Gasteiger partial charge in [0, 0.05) is 26.2 Å². The number of benzene rings is 1. The average Bonchev–Trinajstić information content (AvgIpc) is 2.72. The predicted molar refractivity (Wildman–Crippen MR) is 84.2 cm³/mol. The van der Waals surface area contributed by atoms with Crippen molar-refractivity contribution >= 4 is 24.2 Å². The Bertz CT molecular complexity index is 527. The van der Waals surface area contributed by atoms with Crippen LogP contribution in [-0.2, 0) is 16.0 Å². The molecule has 0 spiro atoms. The molecular weight excluding hydrogens is 309 g/mol. The standard InChI is InChI=1S/C15H20FN3O2.ClH/c16-13-4-1-3-12(9-13)10-14(20)18-5-2-6-19(8-7-18)15(21)11-17;/h1,3-4,9H,2,5-8,10-11,17H2;1H. The molecule has 1 heterocycles. The fraction of sp³-hybridized carbons (Fsp3) is 0.467. The second-order valence-electron chi connectivity index (χ2n) is 5.13. The number of carbonyl (C=O) groups excluding carboxylic acids is 2. The molecule has 1 aliphatic rings. The van der Waals surface area contributed by atoms with Gasteiger partial charge in [-0.15, -0.1) is 12.4 Å². The van der Waals surface area contributed by atoms with Gasteiger partial charge in [-0.05, 0) is 24.1 Å². The summed E-state index contributed by atoms with van der Waals surface area (Å²) < 4.78 is 13.1. The fourth-order valence-electron chi connectivity index (χ4n) is 2.48. The number of rotatable bonds is 3. The van der Waals surface area contributed by atoms with Gasteiger partial charge in [0.2, 0.25) is 11.8 Å². The molecule has 0 aliphatic carbocycles. The lowest BCUT2D eigenvalue weighted by Crippen LogP contribution is -2.40. The first-order valence-corrected chi connectivity index (χ1v) is 7.10. The summed E-state index contributed by atoms with van der Waals surface area (Å²) in [6, 6.07) is 6.07. The first kappa shape index (κ1) is 18.4. The van der Waals surface area contributed by atoms with E-state index in [2.05, 4.69) is 0 Å². The summed E-state index contributed by atoms with van der Waals surface area (Å²) in [6.07, 6.45) is 0.920. The lowest BCUT2D eigenvalue weighted by Gasteiger charge is -2.22. The molecule has 2 amide bonds. The topological polar surface area (TPSA) is 66.6 Å². The Labute approximate surface area is 135 Å². The monoisotopic (exact) mass is 329 g/mol. The van der Waals surface area contributed by atoms with E-state index in [1.165, 1.54) is 12.1 Å². The molecule has 0 aromatic heterocycles. The van der Waals surface area contributed by atoms with E-state index >= 15 is 0 Å². The van der Waals surface area contributed by atoms with E-state index in [1.54, 1.807) is 21.9 Å². The highest BCUT2D eigenvalue weighted by Crippen LogP contribution is 2.09. The van der Waals surface area contributed by atoms with E-state index in [0.29, 0.717) is 31.7 Å². The number of hydrogen-bond acceptors (Lipinski definition) is 3.